The molecule has 0 aliphatic rings. The van der Waals surface area contributed by atoms with Gasteiger partial charge in [0.25, 0.3) is 0 Å². The van der Waals surface area contributed by atoms with Gasteiger partial charge in [0.15, 0.2) is 0 Å². The van der Waals surface area contributed by atoms with E-state index in [-0.39, 0.29) is 6.04 Å². The third-order valence-corrected chi connectivity index (χ3v) is 3.35. The standard InChI is InChI=1S/C16H18ClNO/c1-11-4-6-13(7-5-11)12(2)18-15-10-14(17)8-9-16(15)19-3/h4-10,12,18H,1-3H3. The molecule has 0 radical (unpaired) electrons. The van der Waals surface area contributed by atoms with Crippen molar-refractivity contribution in [3.8, 4) is 5.75 Å². The molecule has 3 heteroatoms. The minimum atomic E-state index is 0.188. The Morgan fingerprint density at radius 2 is 1.79 bits per heavy atom. The summed E-state index contributed by atoms with van der Waals surface area (Å²) in [7, 11) is 1.66. The van der Waals surface area contributed by atoms with E-state index in [1.807, 2.05) is 18.2 Å². The van der Waals surface area contributed by atoms with Crippen molar-refractivity contribution in [2.24, 2.45) is 0 Å². The number of rotatable bonds is 4. The third-order valence-electron chi connectivity index (χ3n) is 3.11. The molecule has 0 saturated heterocycles. The Morgan fingerprint density at radius 3 is 2.42 bits per heavy atom. The van der Waals surface area contributed by atoms with E-state index in [9.17, 15) is 0 Å². The van der Waals surface area contributed by atoms with Crippen molar-refractivity contribution in [3.63, 3.8) is 0 Å². The molecule has 2 aromatic carbocycles. The highest BCUT2D eigenvalue weighted by Gasteiger charge is 2.09. The van der Waals surface area contributed by atoms with Crippen LogP contribution in [0.25, 0.3) is 0 Å². The summed E-state index contributed by atoms with van der Waals surface area (Å²) in [5, 5.41) is 4.12. The molecule has 2 nitrogen and oxygen atoms in total. The third kappa shape index (κ3) is 3.42. The average molecular weight is 276 g/mol. The number of benzene rings is 2. The molecule has 0 spiro atoms. The smallest absolute Gasteiger partial charge is 0.142 e. The molecule has 1 N–H and O–H groups in total. The molecule has 0 aliphatic carbocycles. The number of hydrogen-bond donors (Lipinski definition) is 1. The first kappa shape index (κ1) is 13.8. The van der Waals surface area contributed by atoms with Crippen molar-refractivity contribution in [1.29, 1.82) is 0 Å². The molecule has 100 valence electrons. The molecule has 2 aromatic rings. The van der Waals surface area contributed by atoms with Gasteiger partial charge in [-0.1, -0.05) is 41.4 Å². The molecular formula is C16H18ClNO. The fourth-order valence-electron chi connectivity index (χ4n) is 1.96. The summed E-state index contributed by atoms with van der Waals surface area (Å²) in [6.45, 7) is 4.20. The molecule has 0 fully saturated rings. The number of hydrogen-bond acceptors (Lipinski definition) is 2. The van der Waals surface area contributed by atoms with E-state index in [4.69, 9.17) is 16.3 Å². The maximum atomic E-state index is 6.03. The van der Waals surface area contributed by atoms with Crippen LogP contribution in [0.4, 0.5) is 5.69 Å². The summed E-state index contributed by atoms with van der Waals surface area (Å²) in [4.78, 5) is 0. The summed E-state index contributed by atoms with van der Waals surface area (Å²) in [5.41, 5.74) is 3.40. The van der Waals surface area contributed by atoms with Gasteiger partial charge in [0.2, 0.25) is 0 Å². The molecule has 0 aliphatic heterocycles. The van der Waals surface area contributed by atoms with Crippen LogP contribution >= 0.6 is 11.6 Å². The normalized spacial score (nSPS) is 12.0. The Kier molecular flexibility index (Phi) is 4.33. The Labute approximate surface area is 119 Å². The Hall–Kier alpha value is -1.67. The van der Waals surface area contributed by atoms with Crippen molar-refractivity contribution in [3.05, 3.63) is 58.6 Å². The molecular weight excluding hydrogens is 258 g/mol. The number of ether oxygens (including phenoxy) is 1. The topological polar surface area (TPSA) is 21.3 Å². The van der Waals surface area contributed by atoms with E-state index in [1.165, 1.54) is 11.1 Å². The van der Waals surface area contributed by atoms with Crippen molar-refractivity contribution in [2.45, 2.75) is 19.9 Å². The highest BCUT2D eigenvalue weighted by molar-refractivity contribution is 6.30. The molecule has 1 unspecified atom stereocenters. The molecule has 0 bridgehead atoms. The van der Waals surface area contributed by atoms with Crippen LogP contribution in [0.3, 0.4) is 0 Å². The summed E-state index contributed by atoms with van der Waals surface area (Å²) in [6, 6.07) is 14.2. The summed E-state index contributed by atoms with van der Waals surface area (Å²) < 4.78 is 5.34. The summed E-state index contributed by atoms with van der Waals surface area (Å²) in [5.74, 6) is 0.795. The maximum absolute atomic E-state index is 6.03. The van der Waals surface area contributed by atoms with Crippen LogP contribution < -0.4 is 10.1 Å². The minimum Gasteiger partial charge on any atom is -0.495 e. The van der Waals surface area contributed by atoms with E-state index in [0.29, 0.717) is 5.02 Å². The first-order chi connectivity index (χ1) is 9.10. The molecule has 0 amide bonds. The van der Waals surface area contributed by atoms with Crippen LogP contribution in [0.15, 0.2) is 42.5 Å². The van der Waals surface area contributed by atoms with Crippen LogP contribution in [0.2, 0.25) is 5.02 Å². The Morgan fingerprint density at radius 1 is 1.11 bits per heavy atom. The van der Waals surface area contributed by atoms with Crippen molar-refractivity contribution >= 4 is 17.3 Å². The zero-order chi connectivity index (χ0) is 13.8. The highest BCUT2D eigenvalue weighted by atomic mass is 35.5. The van der Waals surface area contributed by atoms with Crippen molar-refractivity contribution < 1.29 is 4.74 Å². The monoisotopic (exact) mass is 275 g/mol. The second-order valence-electron chi connectivity index (χ2n) is 4.62. The van der Waals surface area contributed by atoms with Gasteiger partial charge in [-0.15, -0.1) is 0 Å². The van der Waals surface area contributed by atoms with Gasteiger partial charge in [-0.2, -0.15) is 0 Å². The molecule has 2 rings (SSSR count). The molecule has 19 heavy (non-hydrogen) atoms. The second-order valence-corrected chi connectivity index (χ2v) is 5.06. The number of aryl methyl sites for hydroxylation is 1. The Bertz CT molecular complexity index is 551. The molecule has 0 aromatic heterocycles. The van der Waals surface area contributed by atoms with Gasteiger partial charge in [0.1, 0.15) is 5.75 Å². The number of halogens is 1. The predicted octanol–water partition coefficient (Wildman–Crippen LogP) is 4.83. The fraction of sp³-hybridized carbons (Fsp3) is 0.250. The quantitative estimate of drug-likeness (QED) is 0.863. The molecule has 0 heterocycles. The van der Waals surface area contributed by atoms with Crippen LogP contribution in [0, 0.1) is 6.92 Å². The van der Waals surface area contributed by atoms with E-state index < -0.39 is 0 Å². The zero-order valence-corrected chi connectivity index (χ0v) is 12.2. The SMILES string of the molecule is COc1ccc(Cl)cc1NC(C)c1ccc(C)cc1. The van der Waals surface area contributed by atoms with Crippen LogP contribution in [-0.4, -0.2) is 7.11 Å². The lowest BCUT2D eigenvalue weighted by molar-refractivity contribution is 0.416. The lowest BCUT2D eigenvalue weighted by Gasteiger charge is -2.18. The lowest BCUT2D eigenvalue weighted by atomic mass is 10.1. The average Bonchev–Trinajstić information content (AvgIpc) is 2.39. The van der Waals surface area contributed by atoms with Crippen LogP contribution in [-0.2, 0) is 0 Å². The largest absolute Gasteiger partial charge is 0.495 e. The van der Waals surface area contributed by atoms with Crippen LogP contribution in [0.1, 0.15) is 24.1 Å². The predicted molar refractivity (Wildman–Crippen MR) is 81.2 cm³/mol. The minimum absolute atomic E-state index is 0.188. The highest BCUT2D eigenvalue weighted by Crippen LogP contribution is 2.30. The first-order valence-corrected chi connectivity index (χ1v) is 6.64. The maximum Gasteiger partial charge on any atom is 0.142 e. The molecule has 0 saturated carbocycles. The fourth-order valence-corrected chi connectivity index (χ4v) is 2.14. The van der Waals surface area contributed by atoms with Crippen molar-refractivity contribution in [1.82, 2.24) is 0 Å². The second kappa shape index (κ2) is 5.98. The van der Waals surface area contributed by atoms with Gasteiger partial charge in [0, 0.05) is 11.1 Å². The van der Waals surface area contributed by atoms with Gasteiger partial charge >= 0.3 is 0 Å². The van der Waals surface area contributed by atoms with E-state index in [0.717, 1.165) is 11.4 Å². The molecule has 1 atom stereocenters. The lowest BCUT2D eigenvalue weighted by Crippen LogP contribution is -2.07. The summed E-state index contributed by atoms with van der Waals surface area (Å²) >= 11 is 6.03. The van der Waals surface area contributed by atoms with Crippen LogP contribution in [0.5, 0.6) is 5.75 Å². The first-order valence-electron chi connectivity index (χ1n) is 6.27. The van der Waals surface area contributed by atoms with E-state index in [1.54, 1.807) is 7.11 Å². The number of methoxy groups -OCH3 is 1. The summed E-state index contributed by atoms with van der Waals surface area (Å²) in [6.07, 6.45) is 0. The Balaban J connectivity index is 2.20. The number of nitrogens with one attached hydrogen (secondary N) is 1. The van der Waals surface area contributed by atoms with Gasteiger partial charge < -0.3 is 10.1 Å². The van der Waals surface area contributed by atoms with Gasteiger partial charge in [0.05, 0.1) is 12.8 Å². The van der Waals surface area contributed by atoms with Gasteiger partial charge in [-0.05, 0) is 37.6 Å². The zero-order valence-electron chi connectivity index (χ0n) is 11.4. The van der Waals surface area contributed by atoms with Gasteiger partial charge in [-0.3, -0.25) is 0 Å². The number of anilines is 1. The van der Waals surface area contributed by atoms with E-state index >= 15 is 0 Å². The van der Waals surface area contributed by atoms with Gasteiger partial charge in [-0.25, -0.2) is 0 Å². The van der Waals surface area contributed by atoms with E-state index in [2.05, 4.69) is 43.4 Å². The van der Waals surface area contributed by atoms with Crippen molar-refractivity contribution in [2.75, 3.05) is 12.4 Å².